The summed E-state index contributed by atoms with van der Waals surface area (Å²) >= 11 is 3.03. The van der Waals surface area contributed by atoms with Gasteiger partial charge in [0.1, 0.15) is 4.83 Å². The van der Waals surface area contributed by atoms with Crippen LogP contribution in [0.15, 0.2) is 38.6 Å². The lowest BCUT2D eigenvalue weighted by molar-refractivity contribution is 0.508. The molecule has 0 aliphatic rings. The van der Waals surface area contributed by atoms with E-state index in [1.165, 1.54) is 17.3 Å². The molecule has 0 radical (unpaired) electrons. The quantitative estimate of drug-likeness (QED) is 0.318. The van der Waals surface area contributed by atoms with Crippen LogP contribution >= 0.6 is 23.1 Å². The molecule has 1 unspecified atom stereocenters. The molecule has 3 aromatic heterocycles. The van der Waals surface area contributed by atoms with Crippen molar-refractivity contribution in [3.63, 3.8) is 0 Å². The lowest BCUT2D eigenvalue weighted by Gasteiger charge is -2.12. The maximum Gasteiger partial charge on any atom is 0.263 e. The Kier molecular flexibility index (Phi) is 5.31. The molecule has 0 amide bonds. The summed E-state index contributed by atoms with van der Waals surface area (Å²) in [5, 5.41) is 9.68. The standard InChI is InChI=1S/C21H22N4O2S2/c1-6-25-20(26)16-12(3)13(4)28-19(16)22-21(25)29-14(5)17-23-24-18(27-17)15-9-7-11(2)8-10-15/h7-10,14H,6H2,1-5H3. The zero-order chi connectivity index (χ0) is 20.7. The van der Waals surface area contributed by atoms with E-state index in [1.54, 1.807) is 15.9 Å². The minimum atomic E-state index is -0.133. The summed E-state index contributed by atoms with van der Waals surface area (Å²) in [5.41, 5.74) is 3.10. The van der Waals surface area contributed by atoms with Crippen LogP contribution in [0.5, 0.6) is 0 Å². The Morgan fingerprint density at radius 2 is 1.90 bits per heavy atom. The number of hydrogen-bond donors (Lipinski definition) is 0. The maximum absolute atomic E-state index is 13.0. The van der Waals surface area contributed by atoms with Gasteiger partial charge in [-0.25, -0.2) is 4.98 Å². The van der Waals surface area contributed by atoms with E-state index in [2.05, 4.69) is 10.2 Å². The van der Waals surface area contributed by atoms with Crippen molar-refractivity contribution < 1.29 is 4.42 Å². The number of nitrogens with zero attached hydrogens (tertiary/aromatic N) is 4. The van der Waals surface area contributed by atoms with Gasteiger partial charge in [-0.05, 0) is 52.3 Å². The number of thiophene rings is 1. The molecular formula is C21H22N4O2S2. The van der Waals surface area contributed by atoms with Crippen molar-refractivity contribution in [1.29, 1.82) is 0 Å². The Morgan fingerprint density at radius 1 is 1.17 bits per heavy atom. The fourth-order valence-electron chi connectivity index (χ4n) is 3.10. The minimum Gasteiger partial charge on any atom is -0.419 e. The number of thioether (sulfide) groups is 1. The Labute approximate surface area is 177 Å². The van der Waals surface area contributed by atoms with Crippen molar-refractivity contribution >= 4 is 33.3 Å². The average molecular weight is 427 g/mol. The monoisotopic (exact) mass is 426 g/mol. The molecule has 29 heavy (non-hydrogen) atoms. The van der Waals surface area contributed by atoms with Gasteiger partial charge in [-0.1, -0.05) is 29.5 Å². The summed E-state index contributed by atoms with van der Waals surface area (Å²) in [6, 6.07) is 7.97. The van der Waals surface area contributed by atoms with Crippen molar-refractivity contribution in [3.05, 3.63) is 56.5 Å². The van der Waals surface area contributed by atoms with Crippen LogP contribution in [0.1, 0.15) is 41.0 Å². The number of hydrogen-bond acceptors (Lipinski definition) is 7. The first-order valence-electron chi connectivity index (χ1n) is 9.46. The van der Waals surface area contributed by atoms with E-state index < -0.39 is 0 Å². The Bertz CT molecular complexity index is 1240. The largest absolute Gasteiger partial charge is 0.419 e. The molecule has 150 valence electrons. The normalized spacial score (nSPS) is 12.6. The van der Waals surface area contributed by atoms with Gasteiger partial charge in [-0.3, -0.25) is 9.36 Å². The number of fused-ring (bicyclic) bond motifs is 1. The second-order valence-electron chi connectivity index (χ2n) is 6.98. The van der Waals surface area contributed by atoms with E-state index in [4.69, 9.17) is 9.40 Å². The molecule has 3 heterocycles. The SMILES string of the molecule is CCn1c(SC(C)c2nnc(-c3ccc(C)cc3)o2)nc2sc(C)c(C)c2c1=O. The number of rotatable bonds is 5. The summed E-state index contributed by atoms with van der Waals surface area (Å²) in [5.74, 6) is 1.01. The highest BCUT2D eigenvalue weighted by atomic mass is 32.2. The summed E-state index contributed by atoms with van der Waals surface area (Å²) < 4.78 is 7.62. The summed E-state index contributed by atoms with van der Waals surface area (Å²) in [6.07, 6.45) is 0. The predicted molar refractivity (Wildman–Crippen MR) is 118 cm³/mol. The topological polar surface area (TPSA) is 73.8 Å². The zero-order valence-corrected chi connectivity index (χ0v) is 18.6. The molecule has 0 N–H and O–H groups in total. The number of aryl methyl sites for hydroxylation is 3. The van der Waals surface area contributed by atoms with E-state index in [0.717, 1.165) is 26.2 Å². The summed E-state index contributed by atoms with van der Waals surface area (Å²) in [7, 11) is 0. The molecule has 1 atom stereocenters. The second-order valence-corrected chi connectivity index (χ2v) is 9.49. The first-order valence-corrected chi connectivity index (χ1v) is 11.2. The fraction of sp³-hybridized carbons (Fsp3) is 0.333. The molecular weight excluding hydrogens is 404 g/mol. The molecule has 0 saturated heterocycles. The predicted octanol–water partition coefficient (Wildman–Crippen LogP) is 5.31. The molecule has 6 nitrogen and oxygen atoms in total. The number of benzene rings is 1. The molecule has 4 aromatic rings. The van der Waals surface area contributed by atoms with E-state index in [-0.39, 0.29) is 10.8 Å². The third-order valence-electron chi connectivity index (χ3n) is 4.94. The van der Waals surface area contributed by atoms with Gasteiger partial charge in [-0.2, -0.15) is 0 Å². The Hall–Kier alpha value is -2.45. The Morgan fingerprint density at radius 3 is 2.59 bits per heavy atom. The molecule has 0 fully saturated rings. The van der Waals surface area contributed by atoms with Crippen LogP contribution in [-0.4, -0.2) is 19.7 Å². The van der Waals surface area contributed by atoms with Crippen molar-refractivity contribution in [2.75, 3.05) is 0 Å². The van der Waals surface area contributed by atoms with Gasteiger partial charge >= 0.3 is 0 Å². The van der Waals surface area contributed by atoms with Gasteiger partial charge in [-0.15, -0.1) is 21.5 Å². The van der Waals surface area contributed by atoms with Gasteiger partial charge < -0.3 is 4.42 Å². The molecule has 8 heteroatoms. The average Bonchev–Trinajstić information content (AvgIpc) is 3.28. The van der Waals surface area contributed by atoms with Crippen LogP contribution in [0.4, 0.5) is 0 Å². The smallest absolute Gasteiger partial charge is 0.263 e. The van der Waals surface area contributed by atoms with Crippen molar-refractivity contribution in [1.82, 2.24) is 19.7 Å². The van der Waals surface area contributed by atoms with Crippen LogP contribution in [0.3, 0.4) is 0 Å². The van der Waals surface area contributed by atoms with Crippen molar-refractivity contribution in [2.24, 2.45) is 0 Å². The molecule has 0 aliphatic carbocycles. The van der Waals surface area contributed by atoms with E-state index in [1.807, 2.05) is 58.9 Å². The summed E-state index contributed by atoms with van der Waals surface area (Å²) in [4.78, 5) is 19.7. The molecule has 0 aliphatic heterocycles. The molecule has 1 aromatic carbocycles. The molecule has 4 rings (SSSR count). The van der Waals surface area contributed by atoms with Gasteiger partial charge in [0, 0.05) is 17.0 Å². The third kappa shape index (κ3) is 3.62. The Balaban J connectivity index is 1.66. The lowest BCUT2D eigenvalue weighted by Crippen LogP contribution is -2.22. The first kappa shape index (κ1) is 19.8. The van der Waals surface area contributed by atoms with Crippen molar-refractivity contribution in [3.8, 4) is 11.5 Å². The lowest BCUT2D eigenvalue weighted by atomic mass is 10.1. The van der Waals surface area contributed by atoms with Crippen LogP contribution in [0.2, 0.25) is 0 Å². The maximum atomic E-state index is 13.0. The fourth-order valence-corrected chi connectivity index (χ4v) is 5.17. The van der Waals surface area contributed by atoms with E-state index >= 15 is 0 Å². The number of aromatic nitrogens is 4. The second kappa shape index (κ2) is 7.76. The van der Waals surface area contributed by atoms with Gasteiger partial charge in [0.05, 0.1) is 10.6 Å². The van der Waals surface area contributed by atoms with Gasteiger partial charge in [0.15, 0.2) is 5.16 Å². The van der Waals surface area contributed by atoms with Gasteiger partial charge in [0.25, 0.3) is 5.56 Å². The van der Waals surface area contributed by atoms with Crippen LogP contribution in [-0.2, 0) is 6.54 Å². The van der Waals surface area contributed by atoms with Crippen molar-refractivity contribution in [2.45, 2.75) is 51.6 Å². The highest BCUT2D eigenvalue weighted by molar-refractivity contribution is 7.99. The van der Waals surface area contributed by atoms with E-state index in [0.29, 0.717) is 23.5 Å². The molecule has 0 spiro atoms. The van der Waals surface area contributed by atoms with Crippen LogP contribution in [0.25, 0.3) is 21.7 Å². The highest BCUT2D eigenvalue weighted by Gasteiger charge is 2.21. The highest BCUT2D eigenvalue weighted by Crippen LogP contribution is 2.36. The molecule has 0 bridgehead atoms. The zero-order valence-electron chi connectivity index (χ0n) is 17.0. The van der Waals surface area contributed by atoms with Crippen LogP contribution < -0.4 is 5.56 Å². The summed E-state index contributed by atoms with van der Waals surface area (Å²) in [6.45, 7) is 10.5. The third-order valence-corrected chi connectivity index (χ3v) is 7.12. The van der Waals surface area contributed by atoms with E-state index in [9.17, 15) is 4.79 Å². The van der Waals surface area contributed by atoms with Crippen LogP contribution in [0, 0.1) is 20.8 Å². The van der Waals surface area contributed by atoms with Gasteiger partial charge in [0.2, 0.25) is 11.8 Å². The first-order chi connectivity index (χ1) is 13.9. The minimum absolute atomic E-state index is 0.0138. The molecule has 0 saturated carbocycles.